The van der Waals surface area contributed by atoms with E-state index in [9.17, 15) is 0 Å². The molecule has 0 atom stereocenters. The Morgan fingerprint density at radius 1 is 1.10 bits per heavy atom. The number of aromatic nitrogens is 3. The maximum atomic E-state index is 5.49. The first-order valence-electron chi connectivity index (χ1n) is 6.70. The van der Waals surface area contributed by atoms with Gasteiger partial charge in [-0.15, -0.1) is 4.98 Å². The lowest BCUT2D eigenvalue weighted by atomic mass is 10.2. The Kier molecular flexibility index (Phi) is 5.51. The molecular formula is C15H18N4O2. The SMILES string of the molecule is CCNc1nc(OC)nc(OC/C=C/c2ccccc2)n1. The van der Waals surface area contributed by atoms with Gasteiger partial charge in [0.1, 0.15) is 6.61 Å². The number of hydrogen-bond donors (Lipinski definition) is 1. The highest BCUT2D eigenvalue weighted by atomic mass is 16.5. The van der Waals surface area contributed by atoms with Gasteiger partial charge in [0.2, 0.25) is 5.95 Å². The molecule has 0 aliphatic rings. The quantitative estimate of drug-likeness (QED) is 0.843. The van der Waals surface area contributed by atoms with Crippen LogP contribution in [0.15, 0.2) is 36.4 Å². The van der Waals surface area contributed by atoms with Gasteiger partial charge in [0.05, 0.1) is 7.11 Å². The standard InChI is InChI=1S/C15H18N4O2/c1-3-16-13-17-14(20-2)19-15(18-13)21-11-7-10-12-8-5-4-6-9-12/h4-10H,3,11H2,1-2H3,(H,16,17,18,19)/b10-7+. The average molecular weight is 286 g/mol. The third-order valence-corrected chi connectivity index (χ3v) is 2.53. The van der Waals surface area contributed by atoms with Gasteiger partial charge in [0.25, 0.3) is 0 Å². The number of methoxy groups -OCH3 is 1. The van der Waals surface area contributed by atoms with Crippen LogP contribution in [0.1, 0.15) is 12.5 Å². The van der Waals surface area contributed by atoms with Crippen molar-refractivity contribution in [2.24, 2.45) is 0 Å². The van der Waals surface area contributed by atoms with Gasteiger partial charge in [-0.3, -0.25) is 0 Å². The van der Waals surface area contributed by atoms with Crippen LogP contribution < -0.4 is 14.8 Å². The first kappa shape index (κ1) is 14.8. The Balaban J connectivity index is 1.96. The predicted octanol–water partition coefficient (Wildman–Crippen LogP) is 2.40. The number of ether oxygens (including phenoxy) is 2. The first-order chi connectivity index (χ1) is 10.3. The highest BCUT2D eigenvalue weighted by Gasteiger charge is 2.06. The minimum absolute atomic E-state index is 0.225. The summed E-state index contributed by atoms with van der Waals surface area (Å²) in [6.07, 6.45) is 3.88. The fraction of sp³-hybridized carbons (Fsp3) is 0.267. The van der Waals surface area contributed by atoms with Crippen LogP contribution in [-0.2, 0) is 0 Å². The third-order valence-electron chi connectivity index (χ3n) is 2.53. The number of benzene rings is 1. The summed E-state index contributed by atoms with van der Waals surface area (Å²) >= 11 is 0. The van der Waals surface area contributed by atoms with Gasteiger partial charge in [0.15, 0.2) is 0 Å². The Hall–Kier alpha value is -2.63. The van der Waals surface area contributed by atoms with E-state index in [-0.39, 0.29) is 12.0 Å². The Morgan fingerprint density at radius 3 is 2.57 bits per heavy atom. The van der Waals surface area contributed by atoms with Crippen molar-refractivity contribution in [3.63, 3.8) is 0 Å². The van der Waals surface area contributed by atoms with E-state index in [0.29, 0.717) is 19.1 Å². The van der Waals surface area contributed by atoms with Gasteiger partial charge in [-0.05, 0) is 18.6 Å². The lowest BCUT2D eigenvalue weighted by Gasteiger charge is -2.06. The molecule has 0 fully saturated rings. The van der Waals surface area contributed by atoms with E-state index in [0.717, 1.165) is 5.56 Å². The molecule has 0 aliphatic carbocycles. The van der Waals surface area contributed by atoms with Crippen LogP contribution in [-0.4, -0.2) is 35.2 Å². The van der Waals surface area contributed by atoms with Gasteiger partial charge < -0.3 is 14.8 Å². The molecule has 1 aromatic heterocycles. The van der Waals surface area contributed by atoms with Crippen LogP contribution in [0.4, 0.5) is 5.95 Å². The van der Waals surface area contributed by atoms with E-state index >= 15 is 0 Å². The third kappa shape index (κ3) is 4.76. The van der Waals surface area contributed by atoms with Crippen molar-refractivity contribution in [3.05, 3.63) is 42.0 Å². The van der Waals surface area contributed by atoms with E-state index in [1.807, 2.05) is 49.4 Å². The van der Waals surface area contributed by atoms with Crippen molar-refractivity contribution >= 4 is 12.0 Å². The number of hydrogen-bond acceptors (Lipinski definition) is 6. The summed E-state index contributed by atoms with van der Waals surface area (Å²) in [5.41, 5.74) is 1.11. The molecule has 0 amide bonds. The Morgan fingerprint density at radius 2 is 1.86 bits per heavy atom. The minimum atomic E-state index is 0.225. The van der Waals surface area contributed by atoms with Gasteiger partial charge in [-0.2, -0.15) is 9.97 Å². The van der Waals surface area contributed by atoms with Crippen LogP contribution in [0, 0.1) is 0 Å². The van der Waals surface area contributed by atoms with Crippen LogP contribution in [0.2, 0.25) is 0 Å². The smallest absolute Gasteiger partial charge is 0.324 e. The highest BCUT2D eigenvalue weighted by molar-refractivity contribution is 5.48. The topological polar surface area (TPSA) is 69.2 Å². The van der Waals surface area contributed by atoms with Gasteiger partial charge in [-0.25, -0.2) is 0 Å². The average Bonchev–Trinajstić information content (AvgIpc) is 2.53. The van der Waals surface area contributed by atoms with Gasteiger partial charge >= 0.3 is 12.0 Å². The summed E-state index contributed by atoms with van der Waals surface area (Å²) in [7, 11) is 1.50. The zero-order valence-electron chi connectivity index (χ0n) is 12.1. The monoisotopic (exact) mass is 286 g/mol. The highest BCUT2D eigenvalue weighted by Crippen LogP contribution is 2.12. The van der Waals surface area contributed by atoms with Crippen LogP contribution >= 0.6 is 0 Å². The fourth-order valence-corrected chi connectivity index (χ4v) is 1.60. The van der Waals surface area contributed by atoms with E-state index in [1.165, 1.54) is 7.11 Å². The molecule has 0 saturated heterocycles. The Bertz CT molecular complexity index is 587. The predicted molar refractivity (Wildman–Crippen MR) is 81.5 cm³/mol. The summed E-state index contributed by atoms with van der Waals surface area (Å²) in [6.45, 7) is 3.04. The molecule has 6 heteroatoms. The minimum Gasteiger partial charge on any atom is -0.467 e. The molecule has 0 unspecified atom stereocenters. The second kappa shape index (κ2) is 7.84. The molecule has 110 valence electrons. The molecule has 2 rings (SSSR count). The molecule has 0 spiro atoms. The van der Waals surface area contributed by atoms with E-state index in [2.05, 4.69) is 20.3 Å². The largest absolute Gasteiger partial charge is 0.467 e. The lowest BCUT2D eigenvalue weighted by Crippen LogP contribution is -2.07. The summed E-state index contributed by atoms with van der Waals surface area (Å²) in [6, 6.07) is 10.4. The van der Waals surface area contributed by atoms with Gasteiger partial charge in [-0.1, -0.05) is 36.4 Å². The van der Waals surface area contributed by atoms with Crippen LogP contribution in [0.25, 0.3) is 6.08 Å². The van der Waals surface area contributed by atoms with Crippen molar-refractivity contribution in [2.45, 2.75) is 6.92 Å². The molecular weight excluding hydrogens is 268 g/mol. The summed E-state index contributed by atoms with van der Waals surface area (Å²) in [4.78, 5) is 12.2. The van der Waals surface area contributed by atoms with Crippen molar-refractivity contribution in [1.29, 1.82) is 0 Å². The number of nitrogens with one attached hydrogen (secondary N) is 1. The summed E-state index contributed by atoms with van der Waals surface area (Å²) in [5, 5.41) is 3.00. The molecule has 1 N–H and O–H groups in total. The zero-order chi connectivity index (χ0) is 14.9. The maximum absolute atomic E-state index is 5.49. The molecule has 1 heterocycles. The molecule has 0 aliphatic heterocycles. The number of anilines is 1. The summed E-state index contributed by atoms with van der Waals surface area (Å²) in [5.74, 6) is 0.436. The molecule has 6 nitrogen and oxygen atoms in total. The lowest BCUT2D eigenvalue weighted by molar-refractivity contribution is 0.314. The van der Waals surface area contributed by atoms with Gasteiger partial charge in [0, 0.05) is 6.54 Å². The Labute approximate surface area is 123 Å². The van der Waals surface area contributed by atoms with Crippen molar-refractivity contribution < 1.29 is 9.47 Å². The van der Waals surface area contributed by atoms with Crippen LogP contribution in [0.3, 0.4) is 0 Å². The first-order valence-corrected chi connectivity index (χ1v) is 6.70. The second-order valence-corrected chi connectivity index (χ2v) is 4.08. The molecule has 0 saturated carbocycles. The maximum Gasteiger partial charge on any atom is 0.324 e. The van der Waals surface area contributed by atoms with Crippen molar-refractivity contribution in [3.8, 4) is 12.0 Å². The molecule has 0 radical (unpaired) electrons. The fourth-order valence-electron chi connectivity index (χ4n) is 1.60. The van der Waals surface area contributed by atoms with E-state index < -0.39 is 0 Å². The summed E-state index contributed by atoms with van der Waals surface area (Å²) < 4.78 is 10.5. The zero-order valence-corrected chi connectivity index (χ0v) is 12.1. The van der Waals surface area contributed by atoms with Crippen LogP contribution in [0.5, 0.6) is 12.0 Å². The number of rotatable bonds is 7. The van der Waals surface area contributed by atoms with Crippen molar-refractivity contribution in [2.75, 3.05) is 25.6 Å². The van der Waals surface area contributed by atoms with E-state index in [1.54, 1.807) is 0 Å². The molecule has 21 heavy (non-hydrogen) atoms. The molecule has 2 aromatic rings. The van der Waals surface area contributed by atoms with Crippen molar-refractivity contribution in [1.82, 2.24) is 15.0 Å². The number of nitrogens with zero attached hydrogens (tertiary/aromatic N) is 3. The second-order valence-electron chi connectivity index (χ2n) is 4.08. The molecule has 0 bridgehead atoms. The van der Waals surface area contributed by atoms with E-state index in [4.69, 9.17) is 9.47 Å². The molecule has 1 aromatic carbocycles. The normalized spacial score (nSPS) is 10.6.